The zero-order valence-corrected chi connectivity index (χ0v) is 10.8. The molecule has 0 aliphatic carbocycles. The Morgan fingerprint density at radius 3 is 2.50 bits per heavy atom. The first kappa shape index (κ1) is 13.1. The fourth-order valence-electron chi connectivity index (χ4n) is 2.23. The molecule has 18 heavy (non-hydrogen) atoms. The van der Waals surface area contributed by atoms with Gasteiger partial charge in [-0.05, 0) is 43.6 Å². The lowest BCUT2D eigenvalue weighted by Crippen LogP contribution is -2.39. The van der Waals surface area contributed by atoms with Crippen LogP contribution < -0.4 is 5.73 Å². The molecule has 1 aliphatic rings. The van der Waals surface area contributed by atoms with Gasteiger partial charge in [0.15, 0.2) is 0 Å². The van der Waals surface area contributed by atoms with Gasteiger partial charge in [0.25, 0.3) is 0 Å². The van der Waals surface area contributed by atoms with Crippen LogP contribution in [-0.4, -0.2) is 37.1 Å². The van der Waals surface area contributed by atoms with Crippen molar-refractivity contribution in [2.75, 3.05) is 20.2 Å². The number of carbonyl (C=O) groups is 1. The molecule has 0 bridgehead atoms. The minimum absolute atomic E-state index is 0.287. The first-order valence-corrected chi connectivity index (χ1v) is 6.34. The van der Waals surface area contributed by atoms with Crippen LogP contribution in [-0.2, 0) is 11.3 Å². The van der Waals surface area contributed by atoms with Crippen LogP contribution in [0, 0.1) is 0 Å². The van der Waals surface area contributed by atoms with Gasteiger partial charge in [0.1, 0.15) is 0 Å². The number of hydrogen-bond acceptors (Lipinski definition) is 4. The molecule has 1 aromatic rings. The van der Waals surface area contributed by atoms with Crippen molar-refractivity contribution in [1.29, 1.82) is 0 Å². The summed E-state index contributed by atoms with van der Waals surface area (Å²) in [5.41, 5.74) is 7.70. The Bertz CT molecular complexity index is 395. The van der Waals surface area contributed by atoms with E-state index in [0.29, 0.717) is 11.6 Å². The number of ether oxygens (including phenoxy) is 1. The molecule has 2 N–H and O–H groups in total. The van der Waals surface area contributed by atoms with Crippen molar-refractivity contribution in [2.24, 2.45) is 5.73 Å². The second-order valence-electron chi connectivity index (χ2n) is 4.80. The average Bonchev–Trinajstić information content (AvgIpc) is 2.41. The van der Waals surface area contributed by atoms with Crippen LogP contribution in [0.3, 0.4) is 0 Å². The molecular formula is C14H20N2O2. The predicted molar refractivity (Wildman–Crippen MR) is 70.3 cm³/mol. The maximum Gasteiger partial charge on any atom is 0.337 e. The van der Waals surface area contributed by atoms with E-state index >= 15 is 0 Å². The number of hydrogen-bond donors (Lipinski definition) is 1. The van der Waals surface area contributed by atoms with Crippen LogP contribution in [0.4, 0.5) is 0 Å². The van der Waals surface area contributed by atoms with Gasteiger partial charge in [-0.1, -0.05) is 12.1 Å². The van der Waals surface area contributed by atoms with Crippen molar-refractivity contribution in [2.45, 2.75) is 25.4 Å². The van der Waals surface area contributed by atoms with E-state index < -0.39 is 0 Å². The molecule has 0 saturated carbocycles. The molecule has 0 spiro atoms. The second kappa shape index (κ2) is 5.98. The number of piperidine rings is 1. The summed E-state index contributed by atoms with van der Waals surface area (Å²) in [6.07, 6.45) is 2.14. The van der Waals surface area contributed by atoms with Crippen molar-refractivity contribution in [3.8, 4) is 0 Å². The molecule has 1 heterocycles. The third kappa shape index (κ3) is 3.31. The summed E-state index contributed by atoms with van der Waals surface area (Å²) in [5, 5.41) is 0. The molecule has 2 rings (SSSR count). The Kier molecular flexibility index (Phi) is 4.33. The van der Waals surface area contributed by atoms with E-state index in [9.17, 15) is 4.79 Å². The molecule has 1 aliphatic heterocycles. The summed E-state index contributed by atoms with van der Waals surface area (Å²) in [7, 11) is 1.40. The zero-order valence-electron chi connectivity index (χ0n) is 10.8. The molecule has 0 amide bonds. The van der Waals surface area contributed by atoms with Gasteiger partial charge in [0.05, 0.1) is 12.7 Å². The van der Waals surface area contributed by atoms with Crippen molar-refractivity contribution in [1.82, 2.24) is 4.90 Å². The number of rotatable bonds is 3. The van der Waals surface area contributed by atoms with Gasteiger partial charge in [-0.3, -0.25) is 4.90 Å². The summed E-state index contributed by atoms with van der Waals surface area (Å²) in [6.45, 7) is 3.04. The maximum absolute atomic E-state index is 11.3. The molecular weight excluding hydrogens is 228 g/mol. The van der Waals surface area contributed by atoms with Gasteiger partial charge in [0, 0.05) is 12.6 Å². The van der Waals surface area contributed by atoms with Crippen molar-refractivity contribution >= 4 is 5.97 Å². The first-order valence-electron chi connectivity index (χ1n) is 6.34. The summed E-state index contributed by atoms with van der Waals surface area (Å²) in [6, 6.07) is 7.97. The Labute approximate surface area is 108 Å². The third-order valence-electron chi connectivity index (χ3n) is 3.41. The highest BCUT2D eigenvalue weighted by Gasteiger charge is 2.16. The van der Waals surface area contributed by atoms with E-state index in [2.05, 4.69) is 9.64 Å². The largest absolute Gasteiger partial charge is 0.465 e. The van der Waals surface area contributed by atoms with Crippen LogP contribution in [0.15, 0.2) is 24.3 Å². The maximum atomic E-state index is 11.3. The monoisotopic (exact) mass is 248 g/mol. The van der Waals surface area contributed by atoms with Gasteiger partial charge >= 0.3 is 5.97 Å². The van der Waals surface area contributed by atoms with Crippen LogP contribution in [0.2, 0.25) is 0 Å². The molecule has 0 radical (unpaired) electrons. The summed E-state index contributed by atoms with van der Waals surface area (Å²) in [4.78, 5) is 13.7. The molecule has 4 heteroatoms. The Morgan fingerprint density at radius 2 is 1.94 bits per heavy atom. The van der Waals surface area contributed by atoms with Gasteiger partial charge in [0.2, 0.25) is 0 Å². The van der Waals surface area contributed by atoms with E-state index in [1.807, 2.05) is 24.3 Å². The van der Waals surface area contributed by atoms with Gasteiger partial charge in [-0.2, -0.15) is 0 Å². The Hall–Kier alpha value is -1.39. The van der Waals surface area contributed by atoms with E-state index in [-0.39, 0.29) is 5.97 Å². The van der Waals surface area contributed by atoms with Gasteiger partial charge in [-0.25, -0.2) is 4.79 Å². The van der Waals surface area contributed by atoms with Crippen LogP contribution in [0.1, 0.15) is 28.8 Å². The van der Waals surface area contributed by atoms with Crippen LogP contribution in [0.5, 0.6) is 0 Å². The van der Waals surface area contributed by atoms with Crippen LogP contribution in [0.25, 0.3) is 0 Å². The Balaban J connectivity index is 1.92. The van der Waals surface area contributed by atoms with E-state index in [1.54, 1.807) is 0 Å². The lowest BCUT2D eigenvalue weighted by molar-refractivity contribution is 0.0600. The molecule has 98 valence electrons. The number of nitrogens with zero attached hydrogens (tertiary/aromatic N) is 1. The van der Waals surface area contributed by atoms with Crippen molar-refractivity contribution < 1.29 is 9.53 Å². The quantitative estimate of drug-likeness (QED) is 0.821. The summed E-state index contributed by atoms with van der Waals surface area (Å²) < 4.78 is 4.67. The molecule has 1 fully saturated rings. The standard InChI is InChI=1S/C14H20N2O2/c1-18-14(17)12-4-2-11(3-5-12)10-16-8-6-13(15)7-9-16/h2-5,13H,6-10,15H2,1H3. The second-order valence-corrected chi connectivity index (χ2v) is 4.80. The third-order valence-corrected chi connectivity index (χ3v) is 3.41. The van der Waals surface area contributed by atoms with Crippen molar-refractivity contribution in [3.63, 3.8) is 0 Å². The van der Waals surface area contributed by atoms with E-state index in [0.717, 1.165) is 32.5 Å². The van der Waals surface area contributed by atoms with Crippen LogP contribution >= 0.6 is 0 Å². The number of nitrogens with two attached hydrogens (primary N) is 1. The number of likely N-dealkylation sites (tertiary alicyclic amines) is 1. The fourth-order valence-corrected chi connectivity index (χ4v) is 2.23. The van der Waals surface area contributed by atoms with Gasteiger partial charge in [-0.15, -0.1) is 0 Å². The summed E-state index contributed by atoms with van der Waals surface area (Å²) >= 11 is 0. The normalized spacial score (nSPS) is 17.7. The smallest absolute Gasteiger partial charge is 0.337 e. The number of benzene rings is 1. The van der Waals surface area contributed by atoms with E-state index in [1.165, 1.54) is 12.7 Å². The molecule has 0 atom stereocenters. The molecule has 0 aromatic heterocycles. The first-order chi connectivity index (χ1) is 8.69. The molecule has 1 aromatic carbocycles. The summed E-state index contributed by atoms with van der Waals surface area (Å²) in [5.74, 6) is -0.287. The predicted octanol–water partition coefficient (Wildman–Crippen LogP) is 1.40. The minimum Gasteiger partial charge on any atom is -0.465 e. The highest BCUT2D eigenvalue weighted by molar-refractivity contribution is 5.89. The molecule has 1 saturated heterocycles. The van der Waals surface area contributed by atoms with E-state index in [4.69, 9.17) is 5.73 Å². The lowest BCUT2D eigenvalue weighted by Gasteiger charge is -2.30. The molecule has 4 nitrogen and oxygen atoms in total. The topological polar surface area (TPSA) is 55.6 Å². The zero-order chi connectivity index (χ0) is 13.0. The average molecular weight is 248 g/mol. The molecule has 0 unspecified atom stereocenters. The highest BCUT2D eigenvalue weighted by Crippen LogP contribution is 2.13. The minimum atomic E-state index is -0.287. The SMILES string of the molecule is COC(=O)c1ccc(CN2CCC(N)CC2)cc1. The fraction of sp³-hybridized carbons (Fsp3) is 0.500. The Morgan fingerprint density at radius 1 is 1.33 bits per heavy atom. The van der Waals surface area contributed by atoms with Gasteiger partial charge < -0.3 is 10.5 Å². The number of carbonyl (C=O) groups excluding carboxylic acids is 1. The number of esters is 1. The number of methoxy groups -OCH3 is 1. The van der Waals surface area contributed by atoms with Crippen molar-refractivity contribution in [3.05, 3.63) is 35.4 Å². The lowest BCUT2D eigenvalue weighted by atomic mass is 10.0. The highest BCUT2D eigenvalue weighted by atomic mass is 16.5.